The van der Waals surface area contributed by atoms with Crippen LogP contribution < -0.4 is 5.32 Å². The molecule has 0 aliphatic heterocycles. The van der Waals surface area contributed by atoms with Crippen LogP contribution in [-0.2, 0) is 0 Å². The molecular weight excluding hydrogens is 282 g/mol. The Morgan fingerprint density at radius 1 is 1.20 bits per heavy atom. The van der Waals surface area contributed by atoms with E-state index in [1.165, 1.54) is 12.1 Å². The quantitative estimate of drug-likeness (QED) is 0.898. The van der Waals surface area contributed by atoms with Gasteiger partial charge in [0.2, 0.25) is 0 Å². The molecule has 0 fully saturated rings. The van der Waals surface area contributed by atoms with E-state index in [1.807, 2.05) is 6.92 Å². The summed E-state index contributed by atoms with van der Waals surface area (Å²) in [6.07, 6.45) is 3.67. The number of nitrogens with zero attached hydrogens (tertiary/aromatic N) is 1. The largest absolute Gasteiger partial charge is 0.306 e. The van der Waals surface area contributed by atoms with Crippen LogP contribution in [0.5, 0.6) is 0 Å². The molecule has 5 heteroatoms. The van der Waals surface area contributed by atoms with Crippen LogP contribution in [0.25, 0.3) is 0 Å². The van der Waals surface area contributed by atoms with Crippen LogP contribution in [0.15, 0.2) is 36.7 Å². The van der Waals surface area contributed by atoms with Gasteiger partial charge in [-0.15, -0.1) is 0 Å². The third-order valence-electron chi connectivity index (χ3n) is 2.93. The summed E-state index contributed by atoms with van der Waals surface area (Å²) in [6.45, 7) is 2.78. The van der Waals surface area contributed by atoms with Gasteiger partial charge in [-0.05, 0) is 42.3 Å². The van der Waals surface area contributed by atoms with Crippen molar-refractivity contribution in [3.05, 3.63) is 64.4 Å². The highest BCUT2D eigenvalue weighted by Gasteiger charge is 2.15. The van der Waals surface area contributed by atoms with Gasteiger partial charge < -0.3 is 5.32 Å². The monoisotopic (exact) mass is 296 g/mol. The summed E-state index contributed by atoms with van der Waals surface area (Å²) in [5.41, 5.74) is 1.46. The van der Waals surface area contributed by atoms with Gasteiger partial charge in [0.25, 0.3) is 0 Å². The summed E-state index contributed by atoms with van der Waals surface area (Å²) in [5, 5.41) is 3.34. The van der Waals surface area contributed by atoms with E-state index < -0.39 is 11.6 Å². The molecular formula is C15H15ClF2N2. The van der Waals surface area contributed by atoms with E-state index in [-0.39, 0.29) is 11.1 Å². The van der Waals surface area contributed by atoms with Crippen molar-refractivity contribution in [2.45, 2.75) is 19.4 Å². The molecule has 20 heavy (non-hydrogen) atoms. The molecule has 0 saturated carbocycles. The molecule has 1 aromatic heterocycles. The van der Waals surface area contributed by atoms with Gasteiger partial charge in [-0.1, -0.05) is 24.6 Å². The predicted molar refractivity (Wildman–Crippen MR) is 75.7 cm³/mol. The number of aromatic nitrogens is 1. The zero-order valence-electron chi connectivity index (χ0n) is 11.0. The minimum absolute atomic E-state index is 0.0511. The second-order valence-electron chi connectivity index (χ2n) is 4.50. The molecule has 1 unspecified atom stereocenters. The fourth-order valence-corrected chi connectivity index (χ4v) is 2.18. The molecule has 0 spiro atoms. The van der Waals surface area contributed by atoms with E-state index in [1.54, 1.807) is 18.3 Å². The molecule has 1 N–H and O–H groups in total. The average Bonchev–Trinajstić information content (AvgIpc) is 2.43. The maximum atomic E-state index is 13.3. The Morgan fingerprint density at radius 3 is 2.65 bits per heavy atom. The Balaban J connectivity index is 2.38. The topological polar surface area (TPSA) is 24.9 Å². The summed E-state index contributed by atoms with van der Waals surface area (Å²) < 4.78 is 26.6. The fourth-order valence-electron chi connectivity index (χ4n) is 1.99. The highest BCUT2D eigenvalue weighted by molar-refractivity contribution is 6.30. The van der Waals surface area contributed by atoms with E-state index in [9.17, 15) is 8.78 Å². The average molecular weight is 297 g/mol. The lowest BCUT2D eigenvalue weighted by molar-refractivity contribution is 0.578. The first-order valence-corrected chi connectivity index (χ1v) is 6.78. The number of hydrogen-bond acceptors (Lipinski definition) is 2. The van der Waals surface area contributed by atoms with Gasteiger partial charge in [0.1, 0.15) is 11.6 Å². The molecule has 0 bridgehead atoms. The Bertz CT molecular complexity index is 590. The van der Waals surface area contributed by atoms with E-state index >= 15 is 0 Å². The molecule has 0 radical (unpaired) electrons. The summed E-state index contributed by atoms with van der Waals surface area (Å²) in [4.78, 5) is 3.86. The first-order valence-electron chi connectivity index (χ1n) is 6.40. The Morgan fingerprint density at radius 2 is 2.00 bits per heavy atom. The minimum Gasteiger partial charge on any atom is -0.306 e. The zero-order chi connectivity index (χ0) is 14.5. The predicted octanol–water partition coefficient (Wildman–Crippen LogP) is 4.10. The molecule has 2 nitrogen and oxygen atoms in total. The van der Waals surface area contributed by atoms with Crippen LogP contribution in [0.1, 0.15) is 30.5 Å². The smallest absolute Gasteiger partial charge is 0.141 e. The lowest BCUT2D eigenvalue weighted by Crippen LogP contribution is -2.23. The number of nitrogens with one attached hydrogen (secondary N) is 1. The number of pyridine rings is 1. The number of benzene rings is 1. The Hall–Kier alpha value is -1.52. The second-order valence-corrected chi connectivity index (χ2v) is 4.90. The zero-order valence-corrected chi connectivity index (χ0v) is 11.8. The van der Waals surface area contributed by atoms with Crippen LogP contribution in [0.4, 0.5) is 8.78 Å². The molecule has 106 valence electrons. The maximum absolute atomic E-state index is 13.3. The van der Waals surface area contributed by atoms with Gasteiger partial charge in [-0.25, -0.2) is 8.78 Å². The SMILES string of the molecule is CCCNC(c1cncc(F)c1)c1ccc(F)c(Cl)c1. The van der Waals surface area contributed by atoms with Crippen LogP contribution in [-0.4, -0.2) is 11.5 Å². The normalized spacial score (nSPS) is 12.4. The van der Waals surface area contributed by atoms with Gasteiger partial charge in [0.15, 0.2) is 0 Å². The molecule has 0 aliphatic rings. The molecule has 0 aliphatic carbocycles. The number of rotatable bonds is 5. The molecule has 2 aromatic rings. The Labute approximate surface area is 121 Å². The van der Waals surface area contributed by atoms with Crippen molar-refractivity contribution in [1.82, 2.24) is 10.3 Å². The highest BCUT2D eigenvalue weighted by Crippen LogP contribution is 2.26. The van der Waals surface area contributed by atoms with Crippen molar-refractivity contribution in [1.29, 1.82) is 0 Å². The van der Waals surface area contributed by atoms with Crippen molar-refractivity contribution in [2.75, 3.05) is 6.54 Å². The molecule has 0 saturated heterocycles. The number of halogens is 3. The maximum Gasteiger partial charge on any atom is 0.141 e. The van der Waals surface area contributed by atoms with E-state index in [2.05, 4.69) is 10.3 Å². The fraction of sp³-hybridized carbons (Fsp3) is 0.267. The number of hydrogen-bond donors (Lipinski definition) is 1. The first-order chi connectivity index (χ1) is 9.61. The molecule has 1 atom stereocenters. The summed E-state index contributed by atoms with van der Waals surface area (Å²) in [7, 11) is 0. The van der Waals surface area contributed by atoms with Crippen molar-refractivity contribution >= 4 is 11.6 Å². The molecule has 0 amide bonds. The van der Waals surface area contributed by atoms with Crippen molar-refractivity contribution < 1.29 is 8.78 Å². The lowest BCUT2D eigenvalue weighted by Gasteiger charge is -2.19. The summed E-state index contributed by atoms with van der Waals surface area (Å²) in [5.74, 6) is -0.874. The van der Waals surface area contributed by atoms with Crippen molar-refractivity contribution in [2.24, 2.45) is 0 Å². The van der Waals surface area contributed by atoms with E-state index in [0.717, 1.165) is 24.7 Å². The third-order valence-corrected chi connectivity index (χ3v) is 3.22. The first kappa shape index (κ1) is 14.9. The van der Waals surface area contributed by atoms with Gasteiger partial charge >= 0.3 is 0 Å². The highest BCUT2D eigenvalue weighted by atomic mass is 35.5. The van der Waals surface area contributed by atoms with Crippen molar-refractivity contribution in [3.63, 3.8) is 0 Å². The molecule has 2 rings (SSSR count). The summed E-state index contributed by atoms with van der Waals surface area (Å²) >= 11 is 5.82. The second kappa shape index (κ2) is 6.77. The standard InChI is InChI=1S/C15H15ClF2N2/c1-2-5-20-15(11-6-12(17)9-19-8-11)10-3-4-14(18)13(16)7-10/h3-4,6-9,15,20H,2,5H2,1H3. The van der Waals surface area contributed by atoms with Gasteiger partial charge in [-0.3, -0.25) is 4.98 Å². The van der Waals surface area contributed by atoms with Crippen molar-refractivity contribution in [3.8, 4) is 0 Å². The van der Waals surface area contributed by atoms with Gasteiger partial charge in [0, 0.05) is 6.20 Å². The third kappa shape index (κ3) is 3.52. The van der Waals surface area contributed by atoms with E-state index in [0.29, 0.717) is 5.56 Å². The van der Waals surface area contributed by atoms with Gasteiger partial charge in [-0.2, -0.15) is 0 Å². The van der Waals surface area contributed by atoms with Gasteiger partial charge in [0.05, 0.1) is 17.3 Å². The lowest BCUT2D eigenvalue weighted by atomic mass is 10.00. The van der Waals surface area contributed by atoms with E-state index in [4.69, 9.17) is 11.6 Å². The minimum atomic E-state index is -0.470. The molecule has 1 aromatic carbocycles. The molecule has 1 heterocycles. The van der Waals surface area contributed by atoms with Crippen LogP contribution in [0.3, 0.4) is 0 Å². The van der Waals surface area contributed by atoms with Crippen LogP contribution in [0, 0.1) is 11.6 Å². The van der Waals surface area contributed by atoms with Crippen LogP contribution in [0.2, 0.25) is 5.02 Å². The Kier molecular flexibility index (Phi) is 5.04. The van der Waals surface area contributed by atoms with Crippen LogP contribution >= 0.6 is 11.6 Å². The summed E-state index contributed by atoms with van der Waals surface area (Å²) in [6, 6.07) is 5.65.